The van der Waals surface area contributed by atoms with Gasteiger partial charge < -0.3 is 14.7 Å². The normalized spacial score (nSPS) is 19.5. The Labute approximate surface area is 166 Å². The first-order valence-corrected chi connectivity index (χ1v) is 9.92. The van der Waals surface area contributed by atoms with Gasteiger partial charge in [0, 0.05) is 30.7 Å². The van der Waals surface area contributed by atoms with Crippen LogP contribution in [0.4, 0.5) is 0 Å². The van der Waals surface area contributed by atoms with Crippen LogP contribution in [0.5, 0.6) is 0 Å². The Hall–Kier alpha value is -1.66. The SMILES string of the molecule is CCCN(C(=O)c1cc(C2CC2)nc2onc(C(C)C)c12)C1CCNC1.Cl. The Bertz CT molecular complexity index is 810. The molecule has 6 nitrogen and oxygen atoms in total. The predicted octanol–water partition coefficient (Wildman–Crippen LogP) is 3.86. The number of aromatic nitrogens is 2. The van der Waals surface area contributed by atoms with E-state index in [2.05, 4.69) is 36.2 Å². The molecule has 2 aliphatic rings. The van der Waals surface area contributed by atoms with Crippen molar-refractivity contribution in [2.45, 2.75) is 64.3 Å². The minimum atomic E-state index is 0. The van der Waals surface area contributed by atoms with Gasteiger partial charge in [-0.05, 0) is 44.2 Å². The van der Waals surface area contributed by atoms with Gasteiger partial charge in [-0.15, -0.1) is 12.4 Å². The van der Waals surface area contributed by atoms with Crippen LogP contribution in [0, 0.1) is 0 Å². The number of hydrogen-bond acceptors (Lipinski definition) is 5. The van der Waals surface area contributed by atoms with E-state index in [0.29, 0.717) is 11.6 Å². The molecule has 1 aliphatic heterocycles. The van der Waals surface area contributed by atoms with Crippen LogP contribution in [0.1, 0.15) is 80.0 Å². The lowest BCUT2D eigenvalue weighted by Crippen LogP contribution is -2.42. The molecule has 2 aromatic heterocycles. The van der Waals surface area contributed by atoms with E-state index in [0.717, 1.165) is 67.7 Å². The summed E-state index contributed by atoms with van der Waals surface area (Å²) in [4.78, 5) is 20.3. The molecule has 148 valence electrons. The number of carbonyl (C=O) groups is 1. The molecule has 1 saturated carbocycles. The van der Waals surface area contributed by atoms with Gasteiger partial charge in [0.25, 0.3) is 11.6 Å². The molecule has 1 saturated heterocycles. The van der Waals surface area contributed by atoms with E-state index in [1.165, 1.54) is 0 Å². The van der Waals surface area contributed by atoms with Crippen LogP contribution in [0.2, 0.25) is 0 Å². The van der Waals surface area contributed by atoms with Gasteiger partial charge in [0.15, 0.2) is 0 Å². The van der Waals surface area contributed by atoms with Crippen LogP contribution in [0.3, 0.4) is 0 Å². The van der Waals surface area contributed by atoms with Crippen molar-refractivity contribution in [3.63, 3.8) is 0 Å². The minimum Gasteiger partial charge on any atom is -0.335 e. The highest BCUT2D eigenvalue weighted by Gasteiger charge is 2.33. The molecule has 1 N–H and O–H groups in total. The Kier molecular flexibility index (Phi) is 6.06. The summed E-state index contributed by atoms with van der Waals surface area (Å²) in [6, 6.07) is 2.27. The number of halogens is 1. The third-order valence-electron chi connectivity index (χ3n) is 5.47. The summed E-state index contributed by atoms with van der Waals surface area (Å²) in [5.74, 6) is 0.746. The Morgan fingerprint density at radius 3 is 2.74 bits per heavy atom. The fourth-order valence-electron chi connectivity index (χ4n) is 3.89. The number of carbonyl (C=O) groups excluding carboxylic acids is 1. The van der Waals surface area contributed by atoms with Crippen molar-refractivity contribution in [3.05, 3.63) is 23.0 Å². The zero-order valence-electron chi connectivity index (χ0n) is 16.3. The first-order chi connectivity index (χ1) is 12.6. The molecular weight excluding hydrogens is 364 g/mol. The molecule has 7 heteroatoms. The van der Waals surface area contributed by atoms with Gasteiger partial charge in [-0.25, -0.2) is 4.98 Å². The second-order valence-corrected chi connectivity index (χ2v) is 7.92. The number of rotatable bonds is 6. The second-order valence-electron chi connectivity index (χ2n) is 7.92. The molecule has 1 aliphatic carbocycles. The summed E-state index contributed by atoms with van der Waals surface area (Å²) in [5, 5.41) is 8.43. The third-order valence-corrected chi connectivity index (χ3v) is 5.47. The largest absolute Gasteiger partial charge is 0.335 e. The van der Waals surface area contributed by atoms with E-state index < -0.39 is 0 Å². The average molecular weight is 393 g/mol. The Morgan fingerprint density at radius 1 is 1.37 bits per heavy atom. The second kappa shape index (κ2) is 8.15. The van der Waals surface area contributed by atoms with Gasteiger partial charge in [0.1, 0.15) is 0 Å². The first kappa shape index (κ1) is 20.1. The molecule has 2 fully saturated rings. The van der Waals surface area contributed by atoms with Crippen LogP contribution < -0.4 is 5.32 Å². The monoisotopic (exact) mass is 392 g/mol. The van der Waals surface area contributed by atoms with Gasteiger partial charge in [-0.1, -0.05) is 25.9 Å². The van der Waals surface area contributed by atoms with Crippen molar-refractivity contribution in [3.8, 4) is 0 Å². The molecule has 27 heavy (non-hydrogen) atoms. The maximum Gasteiger partial charge on any atom is 0.259 e. The summed E-state index contributed by atoms with van der Waals surface area (Å²) in [6.45, 7) is 8.89. The molecule has 1 amide bonds. The summed E-state index contributed by atoms with van der Waals surface area (Å²) < 4.78 is 5.54. The maximum absolute atomic E-state index is 13.6. The van der Waals surface area contributed by atoms with Crippen LogP contribution >= 0.6 is 12.4 Å². The highest BCUT2D eigenvalue weighted by Crippen LogP contribution is 2.41. The van der Waals surface area contributed by atoms with Gasteiger partial charge in [0.05, 0.1) is 16.6 Å². The van der Waals surface area contributed by atoms with Crippen LogP contribution in [0.25, 0.3) is 11.1 Å². The van der Waals surface area contributed by atoms with Crippen LogP contribution in [0.15, 0.2) is 10.6 Å². The fourth-order valence-corrected chi connectivity index (χ4v) is 3.89. The lowest BCUT2D eigenvalue weighted by molar-refractivity contribution is 0.0694. The zero-order valence-corrected chi connectivity index (χ0v) is 17.1. The maximum atomic E-state index is 13.6. The summed E-state index contributed by atoms with van der Waals surface area (Å²) >= 11 is 0. The number of amides is 1. The summed E-state index contributed by atoms with van der Waals surface area (Å²) in [6.07, 6.45) is 4.24. The van der Waals surface area contributed by atoms with E-state index in [4.69, 9.17) is 4.52 Å². The van der Waals surface area contributed by atoms with E-state index in [-0.39, 0.29) is 30.3 Å². The predicted molar refractivity (Wildman–Crippen MR) is 108 cm³/mol. The molecule has 4 rings (SSSR count). The van der Waals surface area contributed by atoms with Crippen LogP contribution in [-0.4, -0.2) is 46.6 Å². The minimum absolute atomic E-state index is 0. The zero-order chi connectivity index (χ0) is 18.3. The van der Waals surface area contributed by atoms with E-state index in [9.17, 15) is 4.79 Å². The topological polar surface area (TPSA) is 71.3 Å². The third kappa shape index (κ3) is 3.83. The van der Waals surface area contributed by atoms with Gasteiger partial charge in [0.2, 0.25) is 0 Å². The van der Waals surface area contributed by atoms with Gasteiger partial charge in [-0.3, -0.25) is 4.79 Å². The quantitative estimate of drug-likeness (QED) is 0.808. The molecule has 0 aromatic carbocycles. The Balaban J connectivity index is 0.00000210. The van der Waals surface area contributed by atoms with E-state index in [1.54, 1.807) is 0 Å². The number of nitrogens with one attached hydrogen (secondary N) is 1. The van der Waals surface area contributed by atoms with Crippen molar-refractivity contribution in [1.82, 2.24) is 20.4 Å². The fraction of sp³-hybridized carbons (Fsp3) is 0.650. The van der Waals surface area contributed by atoms with E-state index >= 15 is 0 Å². The van der Waals surface area contributed by atoms with Gasteiger partial charge in [-0.2, -0.15) is 0 Å². The summed E-state index contributed by atoms with van der Waals surface area (Å²) in [5.41, 5.74) is 3.05. The molecule has 3 heterocycles. The lowest BCUT2D eigenvalue weighted by Gasteiger charge is -2.28. The number of fused-ring (bicyclic) bond motifs is 1. The molecule has 0 bridgehead atoms. The van der Waals surface area contributed by atoms with Crippen molar-refractivity contribution >= 4 is 29.4 Å². The highest BCUT2D eigenvalue weighted by atomic mass is 35.5. The Morgan fingerprint density at radius 2 is 2.15 bits per heavy atom. The standard InChI is InChI=1S/C20H28N4O2.ClH/c1-4-9-24(14-7-8-21-11-14)20(25)15-10-16(13-5-6-13)22-19-17(15)18(12(2)3)23-26-19;/h10,12-14,21H,4-9,11H2,1-3H3;1H. The van der Waals surface area contributed by atoms with E-state index in [1.807, 2.05) is 11.0 Å². The van der Waals surface area contributed by atoms with Gasteiger partial charge >= 0.3 is 0 Å². The van der Waals surface area contributed by atoms with Crippen molar-refractivity contribution < 1.29 is 9.32 Å². The average Bonchev–Trinajstić information content (AvgIpc) is 3.17. The van der Waals surface area contributed by atoms with Crippen molar-refractivity contribution in [1.29, 1.82) is 0 Å². The molecule has 0 spiro atoms. The van der Waals surface area contributed by atoms with Crippen molar-refractivity contribution in [2.24, 2.45) is 0 Å². The smallest absolute Gasteiger partial charge is 0.259 e. The highest BCUT2D eigenvalue weighted by molar-refractivity contribution is 6.06. The lowest BCUT2D eigenvalue weighted by atomic mass is 10.0. The number of hydrogen-bond donors (Lipinski definition) is 1. The first-order valence-electron chi connectivity index (χ1n) is 9.92. The summed E-state index contributed by atoms with van der Waals surface area (Å²) in [7, 11) is 0. The molecular formula is C20H29ClN4O2. The number of nitrogens with zero attached hydrogens (tertiary/aromatic N) is 3. The number of pyridine rings is 1. The molecule has 1 unspecified atom stereocenters. The molecule has 2 aromatic rings. The molecule has 1 atom stereocenters. The van der Waals surface area contributed by atoms with Crippen molar-refractivity contribution in [2.75, 3.05) is 19.6 Å². The van der Waals surface area contributed by atoms with Crippen LogP contribution in [-0.2, 0) is 0 Å². The molecule has 0 radical (unpaired) electrons.